The number of carbonyl (C=O) groups excluding carboxylic acids is 1. The number of imidazole rings is 1. The summed E-state index contributed by atoms with van der Waals surface area (Å²) in [5, 5.41) is 0. The van der Waals surface area contributed by atoms with Crippen molar-refractivity contribution in [1.29, 1.82) is 0 Å². The van der Waals surface area contributed by atoms with Crippen LogP contribution in [0, 0.1) is 6.92 Å². The van der Waals surface area contributed by atoms with Crippen LogP contribution in [-0.2, 0) is 5.41 Å². The highest BCUT2D eigenvalue weighted by molar-refractivity contribution is 7.99. The van der Waals surface area contributed by atoms with Crippen LogP contribution in [0.3, 0.4) is 0 Å². The summed E-state index contributed by atoms with van der Waals surface area (Å²) in [7, 11) is 0. The van der Waals surface area contributed by atoms with Crippen LogP contribution in [0.1, 0.15) is 41.8 Å². The molecule has 1 atom stereocenters. The van der Waals surface area contributed by atoms with Gasteiger partial charge in [0, 0.05) is 16.9 Å². The van der Waals surface area contributed by atoms with Gasteiger partial charge in [-0.2, -0.15) is 11.8 Å². The minimum Gasteiger partial charge on any atom is -0.345 e. The fourth-order valence-corrected chi connectivity index (χ4v) is 3.22. The molecule has 0 aliphatic carbocycles. The Bertz CT molecular complexity index is 367. The number of aryl methyl sites for hydroxylation is 1. The van der Waals surface area contributed by atoms with Crippen molar-refractivity contribution in [2.24, 2.45) is 0 Å². The molecule has 0 saturated carbocycles. The largest absolute Gasteiger partial charge is 0.345 e. The average molecular weight is 224 g/mol. The van der Waals surface area contributed by atoms with Gasteiger partial charge in [-0.05, 0) is 25.5 Å². The van der Waals surface area contributed by atoms with Crippen molar-refractivity contribution in [3.05, 3.63) is 17.2 Å². The molecule has 0 bridgehead atoms. The highest BCUT2D eigenvalue weighted by Gasteiger charge is 2.32. The van der Waals surface area contributed by atoms with Crippen LogP contribution in [0.15, 0.2) is 0 Å². The Balaban J connectivity index is 2.30. The molecule has 0 aromatic carbocycles. The van der Waals surface area contributed by atoms with E-state index >= 15 is 0 Å². The number of H-pyrrole nitrogens is 1. The molecule has 0 radical (unpaired) electrons. The number of carbonyl (C=O) groups is 1. The molecular weight excluding hydrogens is 208 g/mol. The minimum atomic E-state index is 0.120. The molecule has 15 heavy (non-hydrogen) atoms. The summed E-state index contributed by atoms with van der Waals surface area (Å²) in [5.41, 5.74) is 1.56. The summed E-state index contributed by atoms with van der Waals surface area (Å²) < 4.78 is 0. The summed E-state index contributed by atoms with van der Waals surface area (Å²) in [5.74, 6) is 3.32. The molecule has 0 amide bonds. The maximum atomic E-state index is 10.7. The fraction of sp³-hybridized carbons (Fsp3) is 0.636. The molecule has 2 rings (SSSR count). The molecule has 1 unspecified atom stereocenters. The maximum absolute atomic E-state index is 10.7. The molecule has 1 saturated heterocycles. The van der Waals surface area contributed by atoms with E-state index in [1.165, 1.54) is 12.2 Å². The number of nitrogens with one attached hydrogen (secondary N) is 1. The first kappa shape index (κ1) is 10.7. The second-order valence-electron chi connectivity index (χ2n) is 4.43. The lowest BCUT2D eigenvalue weighted by atomic mass is 9.86. The number of aromatic nitrogens is 2. The zero-order valence-corrected chi connectivity index (χ0v) is 9.99. The van der Waals surface area contributed by atoms with Gasteiger partial charge >= 0.3 is 0 Å². The molecule has 1 fully saturated rings. The molecule has 0 spiro atoms. The van der Waals surface area contributed by atoms with Gasteiger partial charge in [-0.15, -0.1) is 0 Å². The molecule has 2 heterocycles. The topological polar surface area (TPSA) is 45.8 Å². The number of nitrogens with zero attached hydrogens (tertiary/aromatic N) is 1. The Hall–Kier alpha value is -0.770. The second kappa shape index (κ2) is 4.00. The third-order valence-corrected chi connectivity index (χ3v) is 4.46. The number of hydrogen-bond donors (Lipinski definition) is 1. The number of thioether (sulfide) groups is 1. The molecule has 1 aromatic heterocycles. The summed E-state index contributed by atoms with van der Waals surface area (Å²) in [6.07, 6.45) is 3.22. The summed E-state index contributed by atoms with van der Waals surface area (Å²) in [6, 6.07) is 0. The number of aldehydes is 1. The van der Waals surface area contributed by atoms with E-state index in [2.05, 4.69) is 16.9 Å². The summed E-state index contributed by atoms with van der Waals surface area (Å²) in [6.45, 7) is 4.13. The van der Waals surface area contributed by atoms with Crippen molar-refractivity contribution in [3.8, 4) is 0 Å². The lowest BCUT2D eigenvalue weighted by molar-refractivity contribution is 0.111. The minimum absolute atomic E-state index is 0.120. The Morgan fingerprint density at radius 2 is 2.40 bits per heavy atom. The van der Waals surface area contributed by atoms with Crippen LogP contribution >= 0.6 is 11.8 Å². The van der Waals surface area contributed by atoms with Crippen molar-refractivity contribution in [1.82, 2.24) is 9.97 Å². The van der Waals surface area contributed by atoms with Gasteiger partial charge in [0.25, 0.3) is 0 Å². The first-order valence-corrected chi connectivity index (χ1v) is 6.41. The van der Waals surface area contributed by atoms with E-state index < -0.39 is 0 Å². The third-order valence-electron chi connectivity index (χ3n) is 3.04. The van der Waals surface area contributed by atoms with Crippen LogP contribution < -0.4 is 0 Å². The Kier molecular flexibility index (Phi) is 2.87. The van der Waals surface area contributed by atoms with Gasteiger partial charge < -0.3 is 4.98 Å². The normalized spacial score (nSPS) is 26.5. The van der Waals surface area contributed by atoms with Gasteiger partial charge in [-0.1, -0.05) is 6.92 Å². The predicted molar refractivity (Wildman–Crippen MR) is 62.6 cm³/mol. The van der Waals surface area contributed by atoms with Gasteiger partial charge in [0.2, 0.25) is 0 Å². The molecule has 1 aliphatic rings. The van der Waals surface area contributed by atoms with Gasteiger partial charge in [0.1, 0.15) is 11.5 Å². The van der Waals surface area contributed by atoms with Crippen LogP contribution in [-0.4, -0.2) is 27.8 Å². The van der Waals surface area contributed by atoms with E-state index in [9.17, 15) is 4.79 Å². The van der Waals surface area contributed by atoms with Crippen LogP contribution in [0.2, 0.25) is 0 Å². The summed E-state index contributed by atoms with van der Waals surface area (Å²) >= 11 is 1.97. The molecule has 1 aliphatic heterocycles. The Morgan fingerprint density at radius 1 is 1.60 bits per heavy atom. The van der Waals surface area contributed by atoms with E-state index in [1.807, 2.05) is 18.7 Å². The number of rotatable bonds is 2. The van der Waals surface area contributed by atoms with Crippen LogP contribution in [0.25, 0.3) is 0 Å². The monoisotopic (exact) mass is 224 g/mol. The van der Waals surface area contributed by atoms with E-state index in [1.54, 1.807) is 0 Å². The van der Waals surface area contributed by atoms with Crippen LogP contribution in [0.5, 0.6) is 0 Å². The smallest absolute Gasteiger partial charge is 0.170 e. The molecule has 1 N–H and O–H groups in total. The maximum Gasteiger partial charge on any atom is 0.170 e. The first-order valence-electron chi connectivity index (χ1n) is 5.26. The Labute approximate surface area is 94.1 Å². The van der Waals surface area contributed by atoms with Gasteiger partial charge in [-0.3, -0.25) is 4.79 Å². The Morgan fingerprint density at radius 3 is 2.93 bits per heavy atom. The standard InChI is InChI=1S/C11H16N2OS/c1-8-9(6-14)13-10(12-8)11(2)4-3-5-15-7-11/h6H,3-5,7H2,1-2H3,(H,12,13). The van der Waals surface area contributed by atoms with Gasteiger partial charge in [0.15, 0.2) is 6.29 Å². The van der Waals surface area contributed by atoms with Crippen molar-refractivity contribution >= 4 is 18.0 Å². The van der Waals surface area contributed by atoms with Crippen molar-refractivity contribution in [2.45, 2.75) is 32.1 Å². The fourth-order valence-electron chi connectivity index (χ4n) is 2.00. The quantitative estimate of drug-likeness (QED) is 0.784. The lowest BCUT2D eigenvalue weighted by Crippen LogP contribution is -2.30. The molecule has 4 heteroatoms. The van der Waals surface area contributed by atoms with Crippen molar-refractivity contribution < 1.29 is 4.79 Å². The molecule has 82 valence electrons. The highest BCUT2D eigenvalue weighted by Crippen LogP contribution is 2.35. The number of hydrogen-bond acceptors (Lipinski definition) is 3. The summed E-state index contributed by atoms with van der Waals surface area (Å²) in [4.78, 5) is 18.4. The van der Waals surface area contributed by atoms with Gasteiger partial charge in [0.05, 0.1) is 0 Å². The highest BCUT2D eigenvalue weighted by atomic mass is 32.2. The number of aromatic amines is 1. The zero-order valence-electron chi connectivity index (χ0n) is 9.17. The van der Waals surface area contributed by atoms with E-state index in [4.69, 9.17) is 0 Å². The average Bonchev–Trinajstić information content (AvgIpc) is 2.61. The molecular formula is C11H16N2OS. The second-order valence-corrected chi connectivity index (χ2v) is 5.54. The first-order chi connectivity index (χ1) is 7.15. The SMILES string of the molecule is Cc1[nH]c(C2(C)CCCSC2)nc1C=O. The zero-order chi connectivity index (χ0) is 10.9. The van der Waals surface area contributed by atoms with E-state index in [-0.39, 0.29) is 5.41 Å². The van der Waals surface area contributed by atoms with Gasteiger partial charge in [-0.25, -0.2) is 4.98 Å². The van der Waals surface area contributed by atoms with E-state index in [0.29, 0.717) is 5.69 Å². The third kappa shape index (κ3) is 1.95. The molecule has 1 aromatic rings. The predicted octanol–water partition coefficient (Wildman–Crippen LogP) is 2.32. The van der Waals surface area contributed by atoms with E-state index in [0.717, 1.165) is 30.0 Å². The molecule has 3 nitrogen and oxygen atoms in total. The van der Waals surface area contributed by atoms with Crippen LogP contribution in [0.4, 0.5) is 0 Å². The van der Waals surface area contributed by atoms with Crippen molar-refractivity contribution in [2.75, 3.05) is 11.5 Å². The lowest BCUT2D eigenvalue weighted by Gasteiger charge is -2.31. The van der Waals surface area contributed by atoms with Crippen molar-refractivity contribution in [3.63, 3.8) is 0 Å².